The SMILES string of the molecule is C#Cc1c2c(cc(F)c1-c1c(C)cccc1O)CN1CCNC[C@@H]1CO2. The van der Waals surface area contributed by atoms with Crippen molar-refractivity contribution in [1.29, 1.82) is 0 Å². The molecule has 2 aromatic carbocycles. The van der Waals surface area contributed by atoms with E-state index >= 15 is 4.39 Å². The van der Waals surface area contributed by atoms with E-state index in [0.29, 0.717) is 30.0 Å². The van der Waals surface area contributed by atoms with Crippen LogP contribution in [0.2, 0.25) is 0 Å². The minimum atomic E-state index is -0.432. The molecule has 2 heterocycles. The number of hydrogen-bond donors (Lipinski definition) is 2. The Bertz CT molecular complexity index is 884. The molecular formula is C21H21FN2O2. The van der Waals surface area contributed by atoms with Crippen LogP contribution < -0.4 is 10.1 Å². The number of phenols is 1. The maximum absolute atomic E-state index is 15.1. The molecule has 1 fully saturated rings. The lowest BCUT2D eigenvalue weighted by atomic mass is 9.92. The molecule has 4 nitrogen and oxygen atoms in total. The van der Waals surface area contributed by atoms with Crippen LogP contribution in [-0.2, 0) is 6.54 Å². The number of halogens is 1. The number of ether oxygens (including phenoxy) is 1. The van der Waals surface area contributed by atoms with Gasteiger partial charge < -0.3 is 15.2 Å². The third kappa shape index (κ3) is 2.72. The number of terminal acetylenes is 1. The summed E-state index contributed by atoms with van der Waals surface area (Å²) in [5, 5.41) is 13.7. The van der Waals surface area contributed by atoms with Crippen LogP contribution in [0.4, 0.5) is 4.39 Å². The van der Waals surface area contributed by atoms with Gasteiger partial charge in [0.25, 0.3) is 0 Å². The first kappa shape index (κ1) is 16.9. The molecular weight excluding hydrogens is 331 g/mol. The van der Waals surface area contributed by atoms with E-state index in [1.54, 1.807) is 12.1 Å². The first-order chi connectivity index (χ1) is 12.6. The van der Waals surface area contributed by atoms with Crippen molar-refractivity contribution in [3.05, 3.63) is 46.8 Å². The number of fused-ring (bicyclic) bond motifs is 2. The lowest BCUT2D eigenvalue weighted by Crippen LogP contribution is -2.52. The minimum absolute atomic E-state index is 0.00981. The van der Waals surface area contributed by atoms with Crippen molar-refractivity contribution in [1.82, 2.24) is 10.2 Å². The smallest absolute Gasteiger partial charge is 0.140 e. The number of aromatic hydroxyl groups is 1. The molecule has 0 amide bonds. The molecule has 0 saturated carbocycles. The summed E-state index contributed by atoms with van der Waals surface area (Å²) in [5.41, 5.74) is 2.55. The van der Waals surface area contributed by atoms with Gasteiger partial charge in [0.1, 0.15) is 23.9 Å². The summed E-state index contributed by atoms with van der Waals surface area (Å²) in [4.78, 5) is 2.30. The van der Waals surface area contributed by atoms with Crippen LogP contribution in [-0.4, -0.2) is 42.3 Å². The standard InChI is InChI=1S/C21H21FN2O2/c1-3-16-20(19-13(2)5-4-6-18(19)25)17(22)9-14-11-24-8-7-23-10-15(24)12-26-21(14)16/h1,4-6,9,15,23,25H,7-8,10-12H2,2H3/t15-/m1/s1. The zero-order valence-corrected chi connectivity index (χ0v) is 14.7. The predicted octanol–water partition coefficient (Wildman–Crippen LogP) is 2.65. The van der Waals surface area contributed by atoms with Gasteiger partial charge in [0, 0.05) is 42.9 Å². The highest BCUT2D eigenvalue weighted by atomic mass is 19.1. The number of nitrogens with zero attached hydrogens (tertiary/aromatic N) is 1. The van der Waals surface area contributed by atoms with Gasteiger partial charge in [-0.25, -0.2) is 4.39 Å². The normalized spacial score (nSPS) is 19.7. The molecule has 2 N–H and O–H groups in total. The highest BCUT2D eigenvalue weighted by Crippen LogP contribution is 2.42. The first-order valence-corrected chi connectivity index (χ1v) is 8.78. The molecule has 134 valence electrons. The van der Waals surface area contributed by atoms with Crippen LogP contribution in [0.3, 0.4) is 0 Å². The van der Waals surface area contributed by atoms with Crippen molar-refractivity contribution in [2.75, 3.05) is 26.2 Å². The number of nitrogens with one attached hydrogen (secondary N) is 1. The van der Waals surface area contributed by atoms with Crippen LogP contribution in [0, 0.1) is 25.1 Å². The first-order valence-electron chi connectivity index (χ1n) is 8.78. The van der Waals surface area contributed by atoms with E-state index in [1.807, 2.05) is 13.0 Å². The van der Waals surface area contributed by atoms with Crippen LogP contribution in [0.5, 0.6) is 11.5 Å². The Kier molecular flexibility index (Phi) is 4.31. The summed E-state index contributed by atoms with van der Waals surface area (Å²) in [6.07, 6.45) is 5.77. The van der Waals surface area contributed by atoms with Gasteiger partial charge in [-0.2, -0.15) is 0 Å². The summed E-state index contributed by atoms with van der Waals surface area (Å²) < 4.78 is 21.2. The van der Waals surface area contributed by atoms with Crippen molar-refractivity contribution in [3.63, 3.8) is 0 Å². The molecule has 2 aliphatic rings. The van der Waals surface area contributed by atoms with E-state index in [9.17, 15) is 5.11 Å². The molecule has 0 unspecified atom stereocenters. The molecule has 2 aromatic rings. The van der Waals surface area contributed by atoms with Crippen LogP contribution in [0.15, 0.2) is 24.3 Å². The molecule has 0 aliphatic carbocycles. The molecule has 26 heavy (non-hydrogen) atoms. The van der Waals surface area contributed by atoms with E-state index in [2.05, 4.69) is 16.1 Å². The van der Waals surface area contributed by atoms with Gasteiger partial charge in [0.15, 0.2) is 0 Å². The molecule has 0 aromatic heterocycles. The number of hydrogen-bond acceptors (Lipinski definition) is 4. The van der Waals surface area contributed by atoms with Gasteiger partial charge in [-0.3, -0.25) is 4.90 Å². The Morgan fingerprint density at radius 3 is 3.00 bits per heavy atom. The fraction of sp³-hybridized carbons (Fsp3) is 0.333. The van der Waals surface area contributed by atoms with Crippen LogP contribution in [0.25, 0.3) is 11.1 Å². The third-order valence-corrected chi connectivity index (χ3v) is 5.22. The van der Waals surface area contributed by atoms with E-state index in [4.69, 9.17) is 11.2 Å². The topological polar surface area (TPSA) is 44.7 Å². The Morgan fingerprint density at radius 1 is 1.38 bits per heavy atom. The zero-order valence-electron chi connectivity index (χ0n) is 14.7. The summed E-state index contributed by atoms with van der Waals surface area (Å²) in [6.45, 7) is 5.57. The second-order valence-electron chi connectivity index (χ2n) is 6.85. The maximum Gasteiger partial charge on any atom is 0.140 e. The highest BCUT2D eigenvalue weighted by molar-refractivity contribution is 5.82. The van der Waals surface area contributed by atoms with Crippen molar-refractivity contribution in [2.45, 2.75) is 19.5 Å². The highest BCUT2D eigenvalue weighted by Gasteiger charge is 2.30. The van der Waals surface area contributed by atoms with Gasteiger partial charge in [-0.15, -0.1) is 6.42 Å². The fourth-order valence-corrected chi connectivity index (χ4v) is 3.90. The molecule has 4 rings (SSSR count). The number of phenolic OH excluding ortho intramolecular Hbond substituents is 1. The lowest BCUT2D eigenvalue weighted by Gasteiger charge is -2.33. The molecule has 2 aliphatic heterocycles. The summed E-state index contributed by atoms with van der Waals surface area (Å²) in [7, 11) is 0. The lowest BCUT2D eigenvalue weighted by molar-refractivity contribution is 0.120. The summed E-state index contributed by atoms with van der Waals surface area (Å²) >= 11 is 0. The van der Waals surface area contributed by atoms with E-state index in [1.165, 1.54) is 6.07 Å². The second-order valence-corrected chi connectivity index (χ2v) is 6.85. The zero-order chi connectivity index (χ0) is 18.3. The quantitative estimate of drug-likeness (QED) is 0.775. The van der Waals surface area contributed by atoms with Crippen molar-refractivity contribution in [3.8, 4) is 35.0 Å². The maximum atomic E-state index is 15.1. The van der Waals surface area contributed by atoms with E-state index in [-0.39, 0.29) is 17.4 Å². The Labute approximate surface area is 152 Å². The molecule has 0 radical (unpaired) electrons. The number of rotatable bonds is 1. The Hall–Kier alpha value is -2.55. The van der Waals surface area contributed by atoms with Crippen molar-refractivity contribution >= 4 is 0 Å². The van der Waals surface area contributed by atoms with Gasteiger partial charge in [-0.1, -0.05) is 18.1 Å². The number of aryl methyl sites for hydroxylation is 1. The second kappa shape index (κ2) is 6.64. The number of benzene rings is 2. The van der Waals surface area contributed by atoms with Gasteiger partial charge in [0.05, 0.1) is 11.6 Å². The van der Waals surface area contributed by atoms with Crippen molar-refractivity contribution in [2.24, 2.45) is 0 Å². The van der Waals surface area contributed by atoms with Gasteiger partial charge >= 0.3 is 0 Å². The molecule has 0 spiro atoms. The average molecular weight is 352 g/mol. The van der Waals surface area contributed by atoms with Gasteiger partial charge in [-0.05, 0) is 24.6 Å². The molecule has 1 saturated heterocycles. The summed E-state index contributed by atoms with van der Waals surface area (Å²) in [5.74, 6) is 2.75. The molecule has 5 heteroatoms. The number of piperazine rings is 1. The Morgan fingerprint density at radius 2 is 2.23 bits per heavy atom. The van der Waals surface area contributed by atoms with Crippen LogP contribution >= 0.6 is 0 Å². The van der Waals surface area contributed by atoms with E-state index < -0.39 is 5.82 Å². The average Bonchev–Trinajstić information content (AvgIpc) is 2.80. The Balaban J connectivity index is 1.89. The van der Waals surface area contributed by atoms with Gasteiger partial charge in [0.2, 0.25) is 0 Å². The third-order valence-electron chi connectivity index (χ3n) is 5.22. The molecule has 1 atom stereocenters. The largest absolute Gasteiger partial charge is 0.507 e. The molecule has 0 bridgehead atoms. The van der Waals surface area contributed by atoms with E-state index in [0.717, 1.165) is 30.8 Å². The van der Waals surface area contributed by atoms with Crippen LogP contribution in [0.1, 0.15) is 16.7 Å². The summed E-state index contributed by atoms with van der Waals surface area (Å²) in [6, 6.07) is 6.84. The predicted molar refractivity (Wildman–Crippen MR) is 98.7 cm³/mol. The van der Waals surface area contributed by atoms with Crippen molar-refractivity contribution < 1.29 is 14.2 Å². The monoisotopic (exact) mass is 352 g/mol. The minimum Gasteiger partial charge on any atom is -0.507 e. The fourth-order valence-electron chi connectivity index (χ4n) is 3.90.